The molecule has 0 saturated carbocycles. The van der Waals surface area contributed by atoms with Crippen LogP contribution in [0.3, 0.4) is 0 Å². The van der Waals surface area contributed by atoms with Crippen molar-refractivity contribution >= 4 is 22.7 Å². The molecule has 0 bridgehead atoms. The highest BCUT2D eigenvalue weighted by Gasteiger charge is 2.24. The molecule has 1 aliphatic rings. The van der Waals surface area contributed by atoms with Gasteiger partial charge >= 0.3 is 5.76 Å². The Balaban J connectivity index is 1.48. The summed E-state index contributed by atoms with van der Waals surface area (Å²) in [5, 5.41) is 0.613. The molecule has 0 N–H and O–H groups in total. The molecule has 4 rings (SSSR count). The molecule has 1 aromatic heterocycles. The van der Waals surface area contributed by atoms with E-state index in [-0.39, 0.29) is 11.8 Å². The van der Waals surface area contributed by atoms with Crippen LogP contribution in [0.15, 0.2) is 51.7 Å². The number of halogens is 1. The quantitative estimate of drug-likeness (QED) is 0.692. The number of oxazole rings is 1. The predicted octanol–water partition coefficient (Wildman–Crippen LogP) is 4.09. The van der Waals surface area contributed by atoms with Crippen LogP contribution in [0, 0.1) is 0 Å². The van der Waals surface area contributed by atoms with Gasteiger partial charge in [0.25, 0.3) is 0 Å². The van der Waals surface area contributed by atoms with Crippen LogP contribution in [-0.2, 0) is 6.54 Å². The summed E-state index contributed by atoms with van der Waals surface area (Å²) in [6, 6.07) is 13.6. The first-order valence-electron chi connectivity index (χ1n) is 8.80. The summed E-state index contributed by atoms with van der Waals surface area (Å²) in [6.45, 7) is 2.75. The van der Waals surface area contributed by atoms with E-state index in [1.807, 2.05) is 18.2 Å². The normalized spacial score (nSPS) is 16.2. The Kier molecular flexibility index (Phi) is 4.74. The molecule has 0 spiro atoms. The zero-order chi connectivity index (χ0) is 18.1. The van der Waals surface area contributed by atoms with E-state index in [1.54, 1.807) is 23.8 Å². The summed E-state index contributed by atoms with van der Waals surface area (Å²) < 4.78 is 12.4. The number of fused-ring (bicyclic) bond motifs is 1. The second kappa shape index (κ2) is 7.17. The molecule has 0 amide bonds. The van der Waals surface area contributed by atoms with E-state index in [2.05, 4.69) is 17.0 Å². The van der Waals surface area contributed by atoms with Gasteiger partial charge in [0.05, 0.1) is 12.6 Å². The molecule has 2 heterocycles. The van der Waals surface area contributed by atoms with Gasteiger partial charge < -0.3 is 9.15 Å². The highest BCUT2D eigenvalue weighted by Crippen LogP contribution is 2.28. The summed E-state index contributed by atoms with van der Waals surface area (Å²) in [5.74, 6) is 0.583. The van der Waals surface area contributed by atoms with Gasteiger partial charge in [0.1, 0.15) is 5.75 Å². The van der Waals surface area contributed by atoms with Crippen LogP contribution in [0.2, 0.25) is 5.02 Å². The monoisotopic (exact) mass is 372 g/mol. The number of likely N-dealkylation sites (tertiary alicyclic amines) is 1. The molecular weight excluding hydrogens is 352 g/mol. The smallest absolute Gasteiger partial charge is 0.420 e. The van der Waals surface area contributed by atoms with Gasteiger partial charge in [-0.2, -0.15) is 0 Å². The third-order valence-electron chi connectivity index (χ3n) is 5.04. The van der Waals surface area contributed by atoms with Crippen LogP contribution in [-0.4, -0.2) is 29.7 Å². The predicted molar refractivity (Wildman–Crippen MR) is 102 cm³/mol. The molecule has 1 fully saturated rings. The molecule has 0 unspecified atom stereocenters. The molecule has 1 aliphatic heterocycles. The lowest BCUT2D eigenvalue weighted by Crippen LogP contribution is -2.36. The standard InChI is InChI=1S/C20H21ClN2O3/c1-25-17-4-2-3-14(11-17)13-22-9-7-16(8-10-22)23-18-12-15(21)5-6-19(18)26-20(23)24/h2-6,11-12,16H,7-10,13H2,1H3. The van der Waals surface area contributed by atoms with Crippen LogP contribution in [0.5, 0.6) is 5.75 Å². The van der Waals surface area contributed by atoms with Gasteiger partial charge in [-0.15, -0.1) is 0 Å². The third kappa shape index (κ3) is 3.37. The molecule has 5 nitrogen and oxygen atoms in total. The first-order chi connectivity index (χ1) is 12.6. The Morgan fingerprint density at radius 1 is 1.19 bits per heavy atom. The van der Waals surface area contributed by atoms with E-state index < -0.39 is 0 Å². The third-order valence-corrected chi connectivity index (χ3v) is 5.27. The number of aromatic nitrogens is 1. The van der Waals surface area contributed by atoms with Gasteiger partial charge in [-0.1, -0.05) is 23.7 Å². The van der Waals surface area contributed by atoms with E-state index in [4.69, 9.17) is 20.8 Å². The molecule has 0 radical (unpaired) electrons. The van der Waals surface area contributed by atoms with Crippen LogP contribution < -0.4 is 10.5 Å². The van der Waals surface area contributed by atoms with Gasteiger partial charge in [0, 0.05) is 30.7 Å². The van der Waals surface area contributed by atoms with Crippen LogP contribution in [0.4, 0.5) is 0 Å². The number of hydrogen-bond acceptors (Lipinski definition) is 4. The van der Waals surface area contributed by atoms with Crippen LogP contribution in [0.25, 0.3) is 11.1 Å². The van der Waals surface area contributed by atoms with E-state index in [1.165, 1.54) is 5.56 Å². The number of ether oxygens (including phenoxy) is 1. The van der Waals surface area contributed by atoms with Crippen molar-refractivity contribution in [3.63, 3.8) is 0 Å². The minimum atomic E-state index is -0.298. The molecule has 136 valence electrons. The first kappa shape index (κ1) is 17.2. The topological polar surface area (TPSA) is 47.6 Å². The molecule has 6 heteroatoms. The van der Waals surface area contributed by atoms with Gasteiger partial charge in [-0.3, -0.25) is 9.47 Å². The van der Waals surface area contributed by atoms with Crippen molar-refractivity contribution in [3.8, 4) is 5.75 Å². The number of nitrogens with zero attached hydrogens (tertiary/aromatic N) is 2. The minimum Gasteiger partial charge on any atom is -0.497 e. The Morgan fingerprint density at radius 2 is 2.00 bits per heavy atom. The molecular formula is C20H21ClN2O3. The summed E-state index contributed by atoms with van der Waals surface area (Å²) >= 11 is 6.10. The van der Waals surface area contributed by atoms with Crippen molar-refractivity contribution in [3.05, 3.63) is 63.6 Å². The maximum atomic E-state index is 12.3. The van der Waals surface area contributed by atoms with E-state index in [0.717, 1.165) is 43.7 Å². The maximum Gasteiger partial charge on any atom is 0.420 e. The van der Waals surface area contributed by atoms with Crippen molar-refractivity contribution in [1.82, 2.24) is 9.47 Å². The Morgan fingerprint density at radius 3 is 2.77 bits per heavy atom. The summed E-state index contributed by atoms with van der Waals surface area (Å²) in [7, 11) is 1.68. The Hall–Kier alpha value is -2.24. The average Bonchev–Trinajstić information content (AvgIpc) is 2.98. The number of hydrogen-bond donors (Lipinski definition) is 0. The Bertz CT molecular complexity index is 971. The number of piperidine rings is 1. The van der Waals surface area contributed by atoms with E-state index in [0.29, 0.717) is 10.6 Å². The SMILES string of the molecule is COc1cccc(CN2CCC(n3c(=O)oc4ccc(Cl)cc43)CC2)c1. The van der Waals surface area contributed by atoms with Crippen molar-refractivity contribution in [2.75, 3.05) is 20.2 Å². The maximum absolute atomic E-state index is 12.3. The second-order valence-electron chi connectivity index (χ2n) is 6.71. The molecule has 3 aromatic rings. The molecule has 0 aliphatic carbocycles. The number of rotatable bonds is 4. The summed E-state index contributed by atoms with van der Waals surface area (Å²) in [5.41, 5.74) is 2.62. The minimum absolute atomic E-state index is 0.142. The molecule has 1 saturated heterocycles. The average molecular weight is 373 g/mol. The highest BCUT2D eigenvalue weighted by molar-refractivity contribution is 6.31. The fourth-order valence-electron chi connectivity index (χ4n) is 3.72. The van der Waals surface area contributed by atoms with Gasteiger partial charge in [-0.25, -0.2) is 4.79 Å². The number of methoxy groups -OCH3 is 1. The number of benzene rings is 2. The van der Waals surface area contributed by atoms with Crippen LogP contribution in [0.1, 0.15) is 24.4 Å². The zero-order valence-corrected chi connectivity index (χ0v) is 15.4. The van der Waals surface area contributed by atoms with Crippen molar-refractivity contribution in [1.29, 1.82) is 0 Å². The van der Waals surface area contributed by atoms with Gasteiger partial charge in [-0.05, 0) is 48.7 Å². The fourth-order valence-corrected chi connectivity index (χ4v) is 3.88. The molecule has 0 atom stereocenters. The van der Waals surface area contributed by atoms with Crippen molar-refractivity contribution < 1.29 is 9.15 Å². The van der Waals surface area contributed by atoms with E-state index >= 15 is 0 Å². The molecule has 2 aromatic carbocycles. The Labute approximate surface area is 156 Å². The molecule has 26 heavy (non-hydrogen) atoms. The summed E-state index contributed by atoms with van der Waals surface area (Å²) in [4.78, 5) is 14.7. The zero-order valence-electron chi connectivity index (χ0n) is 14.7. The van der Waals surface area contributed by atoms with Gasteiger partial charge in [0.2, 0.25) is 0 Å². The fraction of sp³-hybridized carbons (Fsp3) is 0.350. The lowest BCUT2D eigenvalue weighted by molar-refractivity contribution is 0.177. The van der Waals surface area contributed by atoms with E-state index in [9.17, 15) is 4.79 Å². The lowest BCUT2D eigenvalue weighted by atomic mass is 10.0. The van der Waals surface area contributed by atoms with Gasteiger partial charge in [0.15, 0.2) is 5.58 Å². The highest BCUT2D eigenvalue weighted by atomic mass is 35.5. The summed E-state index contributed by atoms with van der Waals surface area (Å²) in [6.07, 6.45) is 1.82. The van der Waals surface area contributed by atoms with Crippen molar-refractivity contribution in [2.45, 2.75) is 25.4 Å². The van der Waals surface area contributed by atoms with Crippen LogP contribution >= 0.6 is 11.6 Å². The second-order valence-corrected chi connectivity index (χ2v) is 7.15. The lowest BCUT2D eigenvalue weighted by Gasteiger charge is -2.32. The first-order valence-corrected chi connectivity index (χ1v) is 9.18. The van der Waals surface area contributed by atoms with Crippen molar-refractivity contribution in [2.24, 2.45) is 0 Å². The largest absolute Gasteiger partial charge is 0.497 e.